The number of benzene rings is 2. The van der Waals surface area contributed by atoms with Gasteiger partial charge < -0.3 is 14.8 Å². The molecule has 40 heavy (non-hydrogen) atoms. The number of esters is 1. The van der Waals surface area contributed by atoms with Crippen LogP contribution >= 0.6 is 0 Å². The van der Waals surface area contributed by atoms with Crippen LogP contribution in [0.4, 0.5) is 5.82 Å². The lowest BCUT2D eigenvalue weighted by atomic mass is 10.0. The van der Waals surface area contributed by atoms with Crippen molar-refractivity contribution in [1.29, 1.82) is 0 Å². The highest BCUT2D eigenvalue weighted by Gasteiger charge is 2.23. The minimum atomic E-state index is -0.341. The summed E-state index contributed by atoms with van der Waals surface area (Å²) in [5.41, 5.74) is 4.44. The van der Waals surface area contributed by atoms with Gasteiger partial charge in [0.15, 0.2) is 22.8 Å². The zero-order chi connectivity index (χ0) is 27.5. The van der Waals surface area contributed by atoms with Gasteiger partial charge in [0.1, 0.15) is 12.6 Å². The first kappa shape index (κ1) is 25.8. The van der Waals surface area contributed by atoms with E-state index in [1.165, 1.54) is 0 Å². The quantitative estimate of drug-likeness (QED) is 0.242. The Bertz CT molecular complexity index is 1650. The van der Waals surface area contributed by atoms with E-state index >= 15 is 0 Å². The summed E-state index contributed by atoms with van der Waals surface area (Å²) >= 11 is 0. The van der Waals surface area contributed by atoms with Gasteiger partial charge in [0.2, 0.25) is 0 Å². The summed E-state index contributed by atoms with van der Waals surface area (Å²) < 4.78 is 13.1. The van der Waals surface area contributed by atoms with Crippen molar-refractivity contribution < 1.29 is 14.3 Å². The maximum atomic E-state index is 12.2. The highest BCUT2D eigenvalue weighted by molar-refractivity contribution is 5.94. The Balaban J connectivity index is 1.35. The topological polar surface area (TPSA) is 117 Å². The predicted octanol–water partition coefficient (Wildman–Crippen LogP) is 5.88. The molecule has 1 fully saturated rings. The molecule has 1 unspecified atom stereocenters. The summed E-state index contributed by atoms with van der Waals surface area (Å²) in [5.74, 6) is 0.933. The van der Waals surface area contributed by atoms with Crippen molar-refractivity contribution in [1.82, 2.24) is 29.5 Å². The van der Waals surface area contributed by atoms with Crippen LogP contribution in [0.1, 0.15) is 68.0 Å². The maximum absolute atomic E-state index is 12.2. The number of nitrogens with one attached hydrogen (secondary N) is 1. The largest absolute Gasteiger partial charge is 0.462 e. The molecule has 3 aromatic heterocycles. The van der Waals surface area contributed by atoms with E-state index in [-0.39, 0.29) is 18.2 Å². The van der Waals surface area contributed by atoms with E-state index in [1.807, 2.05) is 41.0 Å². The fourth-order valence-corrected chi connectivity index (χ4v) is 5.07. The van der Waals surface area contributed by atoms with E-state index in [0.717, 1.165) is 60.1 Å². The number of aromatic nitrogens is 6. The SMILES string of the molecule is CCOC(=O)c1ccc(-c2nc([C@H](CC)Nc3ncnc4c3ncn4C3CCCCO3)nc3ccccc23)cc1. The van der Waals surface area contributed by atoms with Gasteiger partial charge in [-0.05, 0) is 50.8 Å². The average Bonchev–Trinajstić information content (AvgIpc) is 3.45. The van der Waals surface area contributed by atoms with E-state index < -0.39 is 0 Å². The third-order valence-electron chi connectivity index (χ3n) is 7.15. The van der Waals surface area contributed by atoms with Gasteiger partial charge in [-0.25, -0.2) is 29.7 Å². The molecule has 0 bridgehead atoms. The average molecular weight is 538 g/mol. The molecule has 1 aliphatic heterocycles. The van der Waals surface area contributed by atoms with Gasteiger partial charge in [-0.2, -0.15) is 0 Å². The van der Waals surface area contributed by atoms with Crippen LogP contribution in [0, 0.1) is 0 Å². The van der Waals surface area contributed by atoms with Crippen molar-refractivity contribution in [3.63, 3.8) is 0 Å². The molecule has 6 rings (SSSR count). The van der Waals surface area contributed by atoms with Gasteiger partial charge in [-0.3, -0.25) is 4.57 Å². The number of hydrogen-bond acceptors (Lipinski definition) is 9. The number of para-hydroxylation sites is 1. The summed E-state index contributed by atoms with van der Waals surface area (Å²) in [5, 5.41) is 4.46. The minimum absolute atomic E-state index is 0.0648. The number of carbonyl (C=O) groups is 1. The van der Waals surface area contributed by atoms with Crippen molar-refractivity contribution in [3.05, 3.63) is 72.6 Å². The van der Waals surface area contributed by atoms with Gasteiger partial charge in [0, 0.05) is 17.6 Å². The third-order valence-corrected chi connectivity index (χ3v) is 7.15. The molecular formula is C30H31N7O3. The Morgan fingerprint density at radius 3 is 2.70 bits per heavy atom. The van der Waals surface area contributed by atoms with Gasteiger partial charge in [-0.1, -0.05) is 37.3 Å². The van der Waals surface area contributed by atoms with Crippen LogP contribution < -0.4 is 5.32 Å². The first-order chi connectivity index (χ1) is 19.7. The zero-order valence-corrected chi connectivity index (χ0v) is 22.6. The molecular weight excluding hydrogens is 506 g/mol. The molecule has 204 valence electrons. The molecule has 0 amide bonds. The van der Waals surface area contributed by atoms with E-state index in [0.29, 0.717) is 29.3 Å². The minimum Gasteiger partial charge on any atom is -0.462 e. The van der Waals surface area contributed by atoms with Crippen LogP contribution in [0.2, 0.25) is 0 Å². The van der Waals surface area contributed by atoms with E-state index in [2.05, 4.69) is 27.2 Å². The molecule has 5 aromatic rings. The second-order valence-corrected chi connectivity index (χ2v) is 9.72. The second-order valence-electron chi connectivity index (χ2n) is 9.72. The Kier molecular flexibility index (Phi) is 7.33. The number of ether oxygens (including phenoxy) is 2. The summed E-state index contributed by atoms with van der Waals surface area (Å²) in [6.07, 6.45) is 7.12. The van der Waals surface area contributed by atoms with E-state index in [1.54, 1.807) is 31.7 Å². The number of imidazole rings is 1. The van der Waals surface area contributed by atoms with Crippen molar-refractivity contribution in [2.24, 2.45) is 0 Å². The van der Waals surface area contributed by atoms with E-state index in [9.17, 15) is 4.79 Å². The molecule has 10 heteroatoms. The number of rotatable bonds is 8. The molecule has 2 aromatic carbocycles. The predicted molar refractivity (Wildman–Crippen MR) is 152 cm³/mol. The number of nitrogens with zero attached hydrogens (tertiary/aromatic N) is 6. The van der Waals surface area contributed by atoms with Gasteiger partial charge in [0.25, 0.3) is 0 Å². The van der Waals surface area contributed by atoms with Gasteiger partial charge in [0.05, 0.1) is 35.8 Å². The standard InChI is InChI=1S/C30H31N7O3/c1-3-22(34-28-26-29(32-17-31-28)37(18-33-26)24-11-7-8-16-40-24)27-35-23-10-6-5-9-21(23)25(36-27)19-12-14-20(15-13-19)30(38)39-4-2/h5-6,9-10,12-15,17-18,22,24H,3-4,7-8,11,16H2,1-2H3,(H,31,32,34)/t22-,24?/m0/s1. The van der Waals surface area contributed by atoms with Crippen molar-refractivity contribution in [2.75, 3.05) is 18.5 Å². The molecule has 10 nitrogen and oxygen atoms in total. The van der Waals surface area contributed by atoms with Crippen molar-refractivity contribution >= 4 is 33.9 Å². The lowest BCUT2D eigenvalue weighted by Crippen LogP contribution is -2.18. The number of fused-ring (bicyclic) bond motifs is 2. The number of carbonyl (C=O) groups excluding carboxylic acids is 1. The zero-order valence-electron chi connectivity index (χ0n) is 22.6. The van der Waals surface area contributed by atoms with Crippen LogP contribution in [0.15, 0.2) is 61.2 Å². The summed E-state index contributed by atoms with van der Waals surface area (Å²) in [6, 6.07) is 15.0. The summed E-state index contributed by atoms with van der Waals surface area (Å²) in [4.78, 5) is 35.8. The molecule has 4 heterocycles. The molecule has 1 aliphatic rings. The molecule has 0 aliphatic carbocycles. The summed E-state index contributed by atoms with van der Waals surface area (Å²) in [7, 11) is 0. The number of hydrogen-bond donors (Lipinski definition) is 1. The normalized spacial score (nSPS) is 16.2. The molecule has 0 spiro atoms. The van der Waals surface area contributed by atoms with E-state index in [4.69, 9.17) is 19.4 Å². The van der Waals surface area contributed by atoms with Crippen LogP contribution in [0.3, 0.4) is 0 Å². The molecule has 1 N–H and O–H groups in total. The van der Waals surface area contributed by atoms with Crippen molar-refractivity contribution in [3.8, 4) is 11.3 Å². The summed E-state index contributed by atoms with van der Waals surface area (Å²) in [6.45, 7) is 4.95. The van der Waals surface area contributed by atoms with Gasteiger partial charge >= 0.3 is 5.97 Å². The third kappa shape index (κ3) is 4.98. The van der Waals surface area contributed by atoms with Crippen LogP contribution in [0.5, 0.6) is 0 Å². The Labute approximate surface area is 231 Å². The highest BCUT2D eigenvalue weighted by atomic mass is 16.5. The maximum Gasteiger partial charge on any atom is 0.338 e. The van der Waals surface area contributed by atoms with Crippen LogP contribution in [-0.4, -0.2) is 48.7 Å². The smallest absolute Gasteiger partial charge is 0.338 e. The second kappa shape index (κ2) is 11.4. The van der Waals surface area contributed by atoms with Crippen LogP contribution in [0.25, 0.3) is 33.3 Å². The fourth-order valence-electron chi connectivity index (χ4n) is 5.07. The van der Waals surface area contributed by atoms with Gasteiger partial charge in [-0.15, -0.1) is 0 Å². The Morgan fingerprint density at radius 2 is 1.93 bits per heavy atom. The monoisotopic (exact) mass is 537 g/mol. The Morgan fingerprint density at radius 1 is 1.07 bits per heavy atom. The van der Waals surface area contributed by atoms with Crippen LogP contribution in [-0.2, 0) is 9.47 Å². The first-order valence-electron chi connectivity index (χ1n) is 13.8. The number of anilines is 1. The molecule has 0 radical (unpaired) electrons. The lowest BCUT2D eigenvalue weighted by Gasteiger charge is -2.23. The first-order valence-corrected chi connectivity index (χ1v) is 13.8. The highest BCUT2D eigenvalue weighted by Crippen LogP contribution is 2.32. The Hall–Kier alpha value is -4.44. The lowest BCUT2D eigenvalue weighted by molar-refractivity contribution is -0.0298. The van der Waals surface area contributed by atoms with Crippen molar-refractivity contribution in [2.45, 2.75) is 51.8 Å². The molecule has 2 atom stereocenters. The molecule has 0 saturated carbocycles. The fraction of sp³-hybridized carbons (Fsp3) is 0.333. The molecule has 1 saturated heterocycles.